The number of nitrogens with zero attached hydrogens (tertiary/aromatic N) is 4. The molecule has 0 aliphatic heterocycles. The van der Waals surface area contributed by atoms with Crippen molar-refractivity contribution in [2.24, 2.45) is 0 Å². The zero-order chi connectivity index (χ0) is 37.3. The molecule has 2 aromatic heterocycles. The van der Waals surface area contributed by atoms with Gasteiger partial charge in [0, 0.05) is 50.1 Å². The first-order chi connectivity index (χ1) is 27.8. The fraction of sp³-hybridized carbons (Fsp3) is 0. The molecule has 0 saturated heterocycles. The summed E-state index contributed by atoms with van der Waals surface area (Å²) < 4.78 is 6.71. The fourth-order valence-corrected chi connectivity index (χ4v) is 7.42. The van der Waals surface area contributed by atoms with Crippen molar-refractivity contribution >= 4 is 39.0 Å². The Balaban J connectivity index is 1.09. The third-order valence-corrected chi connectivity index (χ3v) is 10.1. The molecule has 0 radical (unpaired) electrons. The molecule has 56 heavy (non-hydrogen) atoms. The monoisotopic (exact) mass is 718 g/mol. The van der Waals surface area contributed by atoms with E-state index in [4.69, 9.17) is 19.4 Å². The Kier molecular flexibility index (Phi) is 8.43. The fourth-order valence-electron chi connectivity index (χ4n) is 7.42. The second-order valence-electron chi connectivity index (χ2n) is 13.6. The van der Waals surface area contributed by atoms with E-state index in [0.717, 1.165) is 66.8 Å². The molecule has 0 unspecified atom stereocenters. The van der Waals surface area contributed by atoms with Crippen molar-refractivity contribution in [3.05, 3.63) is 206 Å². The molecule has 0 atom stereocenters. The highest BCUT2D eigenvalue weighted by Crippen LogP contribution is 2.43. The summed E-state index contributed by atoms with van der Waals surface area (Å²) in [4.78, 5) is 17.4. The predicted molar refractivity (Wildman–Crippen MR) is 229 cm³/mol. The second kappa shape index (κ2) is 14.3. The Bertz CT molecular complexity index is 2870. The van der Waals surface area contributed by atoms with Gasteiger partial charge in [0.15, 0.2) is 17.5 Å². The summed E-state index contributed by atoms with van der Waals surface area (Å²) in [5.41, 5.74) is 12.0. The van der Waals surface area contributed by atoms with Crippen LogP contribution in [-0.4, -0.2) is 15.0 Å². The van der Waals surface area contributed by atoms with Crippen LogP contribution in [0.3, 0.4) is 0 Å². The third kappa shape index (κ3) is 6.17. The van der Waals surface area contributed by atoms with Crippen LogP contribution in [0.4, 0.5) is 17.1 Å². The van der Waals surface area contributed by atoms with E-state index >= 15 is 0 Å². The number of hydrogen-bond acceptors (Lipinski definition) is 5. The molecule has 0 saturated carbocycles. The summed E-state index contributed by atoms with van der Waals surface area (Å²) in [7, 11) is 0. The number of furan rings is 1. The molecule has 8 aromatic carbocycles. The second-order valence-corrected chi connectivity index (χ2v) is 13.6. The molecule has 10 rings (SSSR count). The SMILES string of the molecule is c1ccc(-c2ccc(N(c3ccccc3)c3ccc(-c4ccc(-c5nc(-c6ccccc6)nc(-c6ccccc6)n5)c5c4oc4ccccc45)cc3)cc2)cc1. The highest BCUT2D eigenvalue weighted by molar-refractivity contribution is 6.15. The first-order valence-electron chi connectivity index (χ1n) is 18.7. The predicted octanol–water partition coefficient (Wildman–Crippen LogP) is 13.6. The minimum absolute atomic E-state index is 0.591. The molecule has 0 fully saturated rings. The topological polar surface area (TPSA) is 55.1 Å². The number of rotatable bonds is 8. The Labute approximate surface area is 324 Å². The van der Waals surface area contributed by atoms with E-state index in [1.54, 1.807) is 0 Å². The average molecular weight is 719 g/mol. The Hall–Kier alpha value is -7.63. The average Bonchev–Trinajstić information content (AvgIpc) is 3.68. The van der Waals surface area contributed by atoms with Crippen LogP contribution in [0.15, 0.2) is 211 Å². The van der Waals surface area contributed by atoms with Gasteiger partial charge in [0.05, 0.1) is 0 Å². The van der Waals surface area contributed by atoms with Gasteiger partial charge in [-0.3, -0.25) is 0 Å². The molecule has 5 nitrogen and oxygen atoms in total. The lowest BCUT2D eigenvalue weighted by Crippen LogP contribution is -2.09. The molecule has 0 bridgehead atoms. The number of anilines is 3. The van der Waals surface area contributed by atoms with E-state index in [1.807, 2.05) is 91.0 Å². The van der Waals surface area contributed by atoms with Crippen LogP contribution in [0.1, 0.15) is 0 Å². The van der Waals surface area contributed by atoms with Crippen LogP contribution in [-0.2, 0) is 0 Å². The van der Waals surface area contributed by atoms with Crippen molar-refractivity contribution in [2.45, 2.75) is 0 Å². The van der Waals surface area contributed by atoms with E-state index in [9.17, 15) is 0 Å². The van der Waals surface area contributed by atoms with Crippen LogP contribution < -0.4 is 4.90 Å². The number of fused-ring (bicyclic) bond motifs is 3. The van der Waals surface area contributed by atoms with Gasteiger partial charge < -0.3 is 9.32 Å². The minimum atomic E-state index is 0.591. The van der Waals surface area contributed by atoms with Crippen LogP contribution in [0.25, 0.3) is 78.4 Å². The molecular formula is C51H34N4O. The highest BCUT2D eigenvalue weighted by Gasteiger charge is 2.21. The largest absolute Gasteiger partial charge is 0.455 e. The quantitative estimate of drug-likeness (QED) is 0.157. The van der Waals surface area contributed by atoms with Gasteiger partial charge in [-0.1, -0.05) is 152 Å². The summed E-state index contributed by atoms with van der Waals surface area (Å²) in [5, 5.41) is 1.98. The van der Waals surface area contributed by atoms with Crippen LogP contribution in [0.2, 0.25) is 0 Å². The van der Waals surface area contributed by atoms with Crippen molar-refractivity contribution in [1.82, 2.24) is 15.0 Å². The summed E-state index contributed by atoms with van der Waals surface area (Å²) in [6.45, 7) is 0. The maximum absolute atomic E-state index is 6.71. The van der Waals surface area contributed by atoms with Gasteiger partial charge in [0.25, 0.3) is 0 Å². The van der Waals surface area contributed by atoms with Gasteiger partial charge in [-0.15, -0.1) is 0 Å². The zero-order valence-electron chi connectivity index (χ0n) is 30.3. The molecule has 10 aromatic rings. The van der Waals surface area contributed by atoms with Crippen molar-refractivity contribution in [3.63, 3.8) is 0 Å². The van der Waals surface area contributed by atoms with Crippen molar-refractivity contribution in [2.75, 3.05) is 4.90 Å². The van der Waals surface area contributed by atoms with Crippen molar-refractivity contribution in [3.8, 4) is 56.4 Å². The van der Waals surface area contributed by atoms with Crippen molar-refractivity contribution in [1.29, 1.82) is 0 Å². The first-order valence-corrected chi connectivity index (χ1v) is 18.7. The molecule has 5 heteroatoms. The zero-order valence-corrected chi connectivity index (χ0v) is 30.3. The van der Waals surface area contributed by atoms with Crippen LogP contribution in [0, 0.1) is 0 Å². The molecular weight excluding hydrogens is 685 g/mol. The summed E-state index contributed by atoms with van der Waals surface area (Å²) >= 11 is 0. The number of aromatic nitrogens is 3. The molecule has 0 aliphatic rings. The van der Waals surface area contributed by atoms with E-state index in [2.05, 4.69) is 120 Å². The number of benzene rings is 8. The van der Waals surface area contributed by atoms with Gasteiger partial charge in [-0.05, 0) is 71.3 Å². The van der Waals surface area contributed by atoms with Crippen molar-refractivity contribution < 1.29 is 4.42 Å². The summed E-state index contributed by atoms with van der Waals surface area (Å²) in [5.74, 6) is 1.83. The molecule has 0 spiro atoms. The molecule has 0 N–H and O–H groups in total. The van der Waals surface area contributed by atoms with E-state index in [0.29, 0.717) is 17.5 Å². The first kappa shape index (κ1) is 33.0. The Morgan fingerprint density at radius 1 is 0.321 bits per heavy atom. The van der Waals surface area contributed by atoms with Crippen LogP contribution in [0.5, 0.6) is 0 Å². The lowest BCUT2D eigenvalue weighted by Gasteiger charge is -2.26. The maximum Gasteiger partial charge on any atom is 0.164 e. The molecule has 0 amide bonds. The van der Waals surface area contributed by atoms with E-state index in [1.165, 1.54) is 11.1 Å². The van der Waals surface area contributed by atoms with Crippen LogP contribution >= 0.6 is 0 Å². The van der Waals surface area contributed by atoms with Gasteiger partial charge in [0.1, 0.15) is 11.2 Å². The number of para-hydroxylation sites is 2. The molecule has 0 aliphatic carbocycles. The van der Waals surface area contributed by atoms with Gasteiger partial charge in [0.2, 0.25) is 0 Å². The van der Waals surface area contributed by atoms with Gasteiger partial charge in [-0.2, -0.15) is 0 Å². The van der Waals surface area contributed by atoms with E-state index in [-0.39, 0.29) is 0 Å². The summed E-state index contributed by atoms with van der Waals surface area (Å²) in [6, 6.07) is 71.0. The Morgan fingerprint density at radius 2 is 0.750 bits per heavy atom. The molecule has 2 heterocycles. The number of hydrogen-bond donors (Lipinski definition) is 0. The lowest BCUT2D eigenvalue weighted by molar-refractivity contribution is 0.670. The minimum Gasteiger partial charge on any atom is -0.455 e. The summed E-state index contributed by atoms with van der Waals surface area (Å²) in [6.07, 6.45) is 0. The lowest BCUT2D eigenvalue weighted by atomic mass is 9.97. The van der Waals surface area contributed by atoms with Gasteiger partial charge >= 0.3 is 0 Å². The smallest absolute Gasteiger partial charge is 0.164 e. The Morgan fingerprint density at radius 3 is 1.34 bits per heavy atom. The molecule has 264 valence electrons. The standard InChI is InChI=1S/C51H34N4O/c1-5-15-35(16-6-1)36-25-29-41(30-26-36)55(40-21-11-4-12-22-40)42-31-27-37(28-32-42)43-33-34-45(47-44-23-13-14-24-46(44)56-48(43)47)51-53-49(38-17-7-2-8-18-38)52-50(54-51)39-19-9-3-10-20-39/h1-34H. The van der Waals surface area contributed by atoms with E-state index < -0.39 is 0 Å². The normalized spacial score (nSPS) is 11.2. The highest BCUT2D eigenvalue weighted by atomic mass is 16.3. The third-order valence-electron chi connectivity index (χ3n) is 10.1. The maximum atomic E-state index is 6.71. The van der Waals surface area contributed by atoms with Gasteiger partial charge in [-0.25, -0.2) is 15.0 Å².